The molecule has 2 heteroatoms. The molecule has 0 fully saturated rings. The summed E-state index contributed by atoms with van der Waals surface area (Å²) in [6, 6.07) is 86.9. The molecule has 0 bridgehead atoms. The Balaban J connectivity index is 0.931. The van der Waals surface area contributed by atoms with Crippen molar-refractivity contribution in [1.82, 2.24) is 0 Å². The molecule has 2 atom stereocenters. The standard InChI is InChI=1S/C67H45NO/c1-2-16-46(17-3-1)55-23-11-13-28-64(55)68(53-36-31-45(32-37-53)51-30-29-44-15-4-5-20-49(44)41-51)54-22-14-21-50(42-54)52-35-38-61-59(43-52)58-26-10-12-27-60(58)67(61)62-39-33-47-18-6-8-24-56(47)65(62)69-66-57-25-9-7-19-48(57)34-40-63(66)67/h1-43,58,60H. The third-order valence-electron chi connectivity index (χ3n) is 15.2. The summed E-state index contributed by atoms with van der Waals surface area (Å²) >= 11 is 0. The number of allylic oxidation sites excluding steroid dienone is 4. The van der Waals surface area contributed by atoms with E-state index in [0.717, 1.165) is 39.3 Å². The van der Waals surface area contributed by atoms with Gasteiger partial charge in [-0.1, -0.05) is 224 Å². The summed E-state index contributed by atoms with van der Waals surface area (Å²) in [5, 5.41) is 7.14. The maximum atomic E-state index is 7.22. The molecule has 0 saturated carbocycles. The van der Waals surface area contributed by atoms with Crippen LogP contribution in [0.5, 0.6) is 11.5 Å². The molecule has 0 N–H and O–H groups in total. The van der Waals surface area contributed by atoms with Crippen molar-refractivity contribution in [1.29, 1.82) is 0 Å². The monoisotopic (exact) mass is 879 g/mol. The lowest BCUT2D eigenvalue weighted by atomic mass is 9.61. The van der Waals surface area contributed by atoms with Gasteiger partial charge >= 0.3 is 0 Å². The van der Waals surface area contributed by atoms with Crippen LogP contribution in [0.15, 0.2) is 261 Å². The van der Waals surface area contributed by atoms with Crippen molar-refractivity contribution < 1.29 is 4.74 Å². The minimum atomic E-state index is -0.477. The van der Waals surface area contributed by atoms with Gasteiger partial charge in [-0.2, -0.15) is 0 Å². The van der Waals surface area contributed by atoms with Crippen LogP contribution in [0, 0.1) is 5.92 Å². The first-order valence-corrected chi connectivity index (χ1v) is 24.1. The van der Waals surface area contributed by atoms with Crippen LogP contribution in [0.3, 0.4) is 0 Å². The molecule has 1 spiro atoms. The van der Waals surface area contributed by atoms with E-state index in [2.05, 4.69) is 266 Å². The van der Waals surface area contributed by atoms with E-state index in [1.807, 2.05) is 0 Å². The van der Waals surface area contributed by atoms with Crippen LogP contribution in [0.25, 0.3) is 65.7 Å². The molecule has 11 aromatic rings. The van der Waals surface area contributed by atoms with Crippen molar-refractivity contribution in [2.45, 2.75) is 11.3 Å². The molecule has 14 rings (SSSR count). The third-order valence-corrected chi connectivity index (χ3v) is 15.2. The van der Waals surface area contributed by atoms with Crippen molar-refractivity contribution in [2.75, 3.05) is 4.90 Å². The summed E-state index contributed by atoms with van der Waals surface area (Å²) in [7, 11) is 0. The number of fused-ring (bicyclic) bond motifs is 14. The Morgan fingerprint density at radius 2 is 0.928 bits per heavy atom. The molecule has 1 aliphatic heterocycles. The van der Waals surface area contributed by atoms with Gasteiger partial charge in [0.25, 0.3) is 0 Å². The molecule has 69 heavy (non-hydrogen) atoms. The van der Waals surface area contributed by atoms with Gasteiger partial charge in [-0.25, -0.2) is 0 Å². The average molecular weight is 880 g/mol. The zero-order valence-corrected chi connectivity index (χ0v) is 37.8. The van der Waals surface area contributed by atoms with E-state index < -0.39 is 5.41 Å². The van der Waals surface area contributed by atoms with Gasteiger partial charge in [0.05, 0.1) is 11.1 Å². The molecule has 0 aromatic heterocycles. The van der Waals surface area contributed by atoms with Crippen LogP contribution >= 0.6 is 0 Å². The SMILES string of the molecule is C1=CC2c3cc(-c4cccc(N(c5ccc(-c6ccc7ccccc7c6)cc5)c5ccccc5-c5ccccc5)c4)ccc3C3(c4ccc5ccccc5c4Oc4c3ccc3ccccc43)C2C=C1. The molecule has 0 amide bonds. The van der Waals surface area contributed by atoms with E-state index in [1.54, 1.807) is 0 Å². The van der Waals surface area contributed by atoms with E-state index in [1.165, 1.54) is 77.2 Å². The van der Waals surface area contributed by atoms with Crippen LogP contribution < -0.4 is 9.64 Å². The number of hydrogen-bond acceptors (Lipinski definition) is 2. The summed E-state index contributed by atoms with van der Waals surface area (Å²) in [6.45, 7) is 0. The summed E-state index contributed by atoms with van der Waals surface area (Å²) < 4.78 is 7.22. The molecule has 1 heterocycles. The Labute approximate surface area is 402 Å². The number of nitrogens with zero attached hydrogens (tertiary/aromatic N) is 1. The number of benzene rings is 11. The van der Waals surface area contributed by atoms with E-state index >= 15 is 0 Å². The molecule has 3 aliphatic rings. The molecule has 2 unspecified atom stereocenters. The van der Waals surface area contributed by atoms with Gasteiger partial charge in [0.2, 0.25) is 0 Å². The second-order valence-electron chi connectivity index (χ2n) is 18.7. The third kappa shape index (κ3) is 6.12. The highest BCUT2D eigenvalue weighted by Crippen LogP contribution is 2.66. The van der Waals surface area contributed by atoms with Gasteiger partial charge in [-0.15, -0.1) is 0 Å². The number of anilines is 3. The predicted molar refractivity (Wildman–Crippen MR) is 287 cm³/mol. The molecular weight excluding hydrogens is 835 g/mol. The first-order chi connectivity index (χ1) is 34.2. The fourth-order valence-electron chi connectivity index (χ4n) is 12.1. The molecule has 2 nitrogen and oxygen atoms in total. The van der Waals surface area contributed by atoms with Crippen LogP contribution in [0.1, 0.15) is 28.2 Å². The fraction of sp³-hybridized carbons (Fsp3) is 0.0448. The van der Waals surface area contributed by atoms with Crippen LogP contribution in [0.4, 0.5) is 17.1 Å². The number of ether oxygens (including phenoxy) is 1. The quantitative estimate of drug-likeness (QED) is 0.165. The van der Waals surface area contributed by atoms with Gasteiger partial charge < -0.3 is 9.64 Å². The Hall–Kier alpha value is -8.72. The van der Waals surface area contributed by atoms with Gasteiger partial charge in [0.1, 0.15) is 11.5 Å². The van der Waals surface area contributed by atoms with Gasteiger partial charge in [-0.3, -0.25) is 0 Å². The van der Waals surface area contributed by atoms with Gasteiger partial charge in [-0.05, 0) is 96.9 Å². The summed E-state index contributed by atoms with van der Waals surface area (Å²) in [6.07, 6.45) is 9.39. The molecular formula is C67H45NO. The Bertz CT molecular complexity index is 3810. The topological polar surface area (TPSA) is 12.5 Å². The highest BCUT2D eigenvalue weighted by Gasteiger charge is 2.57. The van der Waals surface area contributed by atoms with Gasteiger partial charge in [0.15, 0.2) is 0 Å². The summed E-state index contributed by atoms with van der Waals surface area (Å²) in [5.74, 6) is 2.24. The van der Waals surface area contributed by atoms with E-state index in [9.17, 15) is 0 Å². The van der Waals surface area contributed by atoms with Crippen molar-refractivity contribution in [3.63, 3.8) is 0 Å². The smallest absolute Gasteiger partial charge is 0.139 e. The fourth-order valence-corrected chi connectivity index (χ4v) is 12.1. The lowest BCUT2D eigenvalue weighted by Crippen LogP contribution is -2.37. The normalized spacial score (nSPS) is 15.9. The highest BCUT2D eigenvalue weighted by molar-refractivity contribution is 5.97. The Kier molecular flexibility index (Phi) is 8.97. The molecule has 324 valence electrons. The lowest BCUT2D eigenvalue weighted by molar-refractivity contribution is 0.380. The number of hydrogen-bond donors (Lipinski definition) is 0. The second-order valence-corrected chi connectivity index (χ2v) is 18.7. The van der Waals surface area contributed by atoms with Crippen molar-refractivity contribution in [3.8, 4) is 44.9 Å². The first-order valence-electron chi connectivity index (χ1n) is 24.1. The van der Waals surface area contributed by atoms with Crippen molar-refractivity contribution >= 4 is 49.4 Å². The molecule has 2 aliphatic carbocycles. The van der Waals surface area contributed by atoms with Crippen LogP contribution in [0.2, 0.25) is 0 Å². The minimum absolute atomic E-state index is 0.144. The van der Waals surface area contributed by atoms with E-state index in [4.69, 9.17) is 4.74 Å². The van der Waals surface area contributed by atoms with E-state index in [-0.39, 0.29) is 11.8 Å². The van der Waals surface area contributed by atoms with Crippen LogP contribution in [-0.2, 0) is 5.41 Å². The minimum Gasteiger partial charge on any atom is -0.455 e. The predicted octanol–water partition coefficient (Wildman–Crippen LogP) is 17.9. The summed E-state index contributed by atoms with van der Waals surface area (Å²) in [5.41, 5.74) is 15.1. The second kappa shape index (κ2) is 15.7. The highest BCUT2D eigenvalue weighted by atomic mass is 16.5. The zero-order valence-electron chi connectivity index (χ0n) is 37.8. The maximum absolute atomic E-state index is 7.22. The van der Waals surface area contributed by atoms with Crippen molar-refractivity contribution in [3.05, 3.63) is 283 Å². The Morgan fingerprint density at radius 3 is 1.70 bits per heavy atom. The van der Waals surface area contributed by atoms with Crippen molar-refractivity contribution in [2.24, 2.45) is 5.92 Å². The largest absolute Gasteiger partial charge is 0.455 e. The average Bonchev–Trinajstić information content (AvgIpc) is 3.71. The van der Waals surface area contributed by atoms with E-state index in [0.29, 0.717) is 0 Å². The first kappa shape index (κ1) is 39.4. The summed E-state index contributed by atoms with van der Waals surface area (Å²) in [4.78, 5) is 2.42. The lowest BCUT2D eigenvalue weighted by Gasteiger charge is -2.43. The maximum Gasteiger partial charge on any atom is 0.139 e. The van der Waals surface area contributed by atoms with Gasteiger partial charge in [0, 0.05) is 50.7 Å². The number of para-hydroxylation sites is 1. The molecule has 0 radical (unpaired) electrons. The Morgan fingerprint density at radius 1 is 0.362 bits per heavy atom. The van der Waals surface area contributed by atoms with Crippen LogP contribution in [-0.4, -0.2) is 0 Å². The number of rotatable bonds is 6. The molecule has 11 aromatic carbocycles. The zero-order chi connectivity index (χ0) is 45.5. The molecule has 0 saturated heterocycles.